The van der Waals surface area contributed by atoms with Gasteiger partial charge in [0.25, 0.3) is 5.91 Å². The van der Waals surface area contributed by atoms with Crippen molar-refractivity contribution in [2.24, 2.45) is 5.92 Å². The van der Waals surface area contributed by atoms with E-state index < -0.39 is 23.7 Å². The van der Waals surface area contributed by atoms with Crippen LogP contribution < -0.4 is 9.47 Å². The van der Waals surface area contributed by atoms with Crippen LogP contribution in [-0.2, 0) is 14.3 Å². The van der Waals surface area contributed by atoms with Crippen LogP contribution in [0, 0.1) is 12.8 Å². The summed E-state index contributed by atoms with van der Waals surface area (Å²) in [6.45, 7) is 6.05. The zero-order chi connectivity index (χ0) is 24.9. The van der Waals surface area contributed by atoms with Gasteiger partial charge in [0.05, 0.1) is 33.5 Å². The average molecular weight is 481 g/mol. The molecule has 8 heteroatoms. The number of Topliss-reactive ketones (excluding diaryl/α,β-unsaturated/α-hetero) is 2. The van der Waals surface area contributed by atoms with Crippen LogP contribution in [0.25, 0.3) is 0 Å². The molecule has 2 aliphatic heterocycles. The fourth-order valence-corrected chi connectivity index (χ4v) is 4.98. The molecule has 186 valence electrons. The van der Waals surface area contributed by atoms with Gasteiger partial charge < -0.3 is 19.1 Å². The molecule has 0 spiro atoms. The first kappa shape index (κ1) is 24.9. The molecular formula is C27H32N2O6. The molecule has 2 aromatic rings. The Hall–Kier alpha value is -3.23. The smallest absolute Gasteiger partial charge is 0.291 e. The SMILES string of the molecule is COc1ccc(C(=O)C2C(=O)C(=O)N(CCCN3CCOCC3)C2c2ccccc2OC)c(C)c1. The molecular weight excluding hydrogens is 448 g/mol. The van der Waals surface area contributed by atoms with E-state index in [1.54, 1.807) is 50.3 Å². The summed E-state index contributed by atoms with van der Waals surface area (Å²) >= 11 is 0. The minimum atomic E-state index is -1.14. The van der Waals surface area contributed by atoms with Crippen molar-refractivity contribution in [3.8, 4) is 11.5 Å². The molecule has 2 heterocycles. The molecule has 4 rings (SSSR count). The van der Waals surface area contributed by atoms with E-state index in [1.807, 2.05) is 18.2 Å². The van der Waals surface area contributed by atoms with Crippen molar-refractivity contribution in [3.63, 3.8) is 0 Å². The summed E-state index contributed by atoms with van der Waals surface area (Å²) in [5.41, 5.74) is 1.76. The zero-order valence-corrected chi connectivity index (χ0v) is 20.5. The summed E-state index contributed by atoms with van der Waals surface area (Å²) < 4.78 is 16.2. The Morgan fingerprint density at radius 3 is 2.46 bits per heavy atom. The van der Waals surface area contributed by atoms with Crippen molar-refractivity contribution in [2.45, 2.75) is 19.4 Å². The number of rotatable bonds is 9. The standard InChI is InChI=1S/C27H32N2O6/c1-18-17-19(33-2)9-10-20(18)25(30)23-24(21-7-4-5-8-22(21)34-3)29(27(32)26(23)31)12-6-11-28-13-15-35-16-14-28/h4-5,7-10,17,23-24H,6,11-16H2,1-3H3. The monoisotopic (exact) mass is 480 g/mol. The first-order chi connectivity index (χ1) is 17.0. The molecule has 0 N–H and O–H groups in total. The highest BCUT2D eigenvalue weighted by Crippen LogP contribution is 2.42. The molecule has 2 aromatic carbocycles. The molecule has 1 amide bonds. The van der Waals surface area contributed by atoms with Crippen molar-refractivity contribution in [2.75, 3.05) is 53.6 Å². The Bertz CT molecular complexity index is 1090. The van der Waals surface area contributed by atoms with Crippen molar-refractivity contribution in [3.05, 3.63) is 59.2 Å². The Labute approximate surface area is 205 Å². The van der Waals surface area contributed by atoms with Crippen molar-refractivity contribution in [1.29, 1.82) is 0 Å². The summed E-state index contributed by atoms with van der Waals surface area (Å²) in [7, 11) is 3.10. The van der Waals surface area contributed by atoms with Crippen molar-refractivity contribution < 1.29 is 28.6 Å². The number of hydrogen-bond acceptors (Lipinski definition) is 7. The number of hydrogen-bond donors (Lipinski definition) is 0. The van der Waals surface area contributed by atoms with Crippen LogP contribution >= 0.6 is 0 Å². The third-order valence-corrected chi connectivity index (χ3v) is 6.82. The molecule has 0 aromatic heterocycles. The maximum atomic E-state index is 13.8. The number of carbonyl (C=O) groups excluding carboxylic acids is 3. The van der Waals surface area contributed by atoms with E-state index >= 15 is 0 Å². The average Bonchev–Trinajstić information content (AvgIpc) is 3.13. The number of ether oxygens (including phenoxy) is 3. The topological polar surface area (TPSA) is 85.4 Å². The lowest BCUT2D eigenvalue weighted by molar-refractivity contribution is -0.140. The molecule has 2 fully saturated rings. The molecule has 35 heavy (non-hydrogen) atoms. The molecule has 2 unspecified atom stereocenters. The van der Waals surface area contributed by atoms with Gasteiger partial charge >= 0.3 is 0 Å². The summed E-state index contributed by atoms with van der Waals surface area (Å²) in [6.07, 6.45) is 0.688. The van der Waals surface area contributed by atoms with Crippen molar-refractivity contribution >= 4 is 17.5 Å². The molecule has 2 atom stereocenters. The van der Waals surface area contributed by atoms with Crippen molar-refractivity contribution in [1.82, 2.24) is 9.80 Å². The molecule has 0 saturated carbocycles. The van der Waals surface area contributed by atoms with Gasteiger partial charge in [-0.1, -0.05) is 18.2 Å². The molecule has 2 aliphatic rings. The quantitative estimate of drug-likeness (QED) is 0.310. The fraction of sp³-hybridized carbons (Fsp3) is 0.444. The van der Waals surface area contributed by atoms with E-state index in [4.69, 9.17) is 14.2 Å². The highest BCUT2D eigenvalue weighted by molar-refractivity contribution is 6.44. The second-order valence-corrected chi connectivity index (χ2v) is 8.88. The van der Waals surface area contributed by atoms with Gasteiger partial charge in [-0.2, -0.15) is 0 Å². The van der Waals surface area contributed by atoms with Crippen LogP contribution in [0.5, 0.6) is 11.5 Å². The number of amides is 1. The number of ketones is 2. The third-order valence-electron chi connectivity index (χ3n) is 6.82. The molecule has 2 saturated heterocycles. The normalized spacial score (nSPS) is 20.8. The van der Waals surface area contributed by atoms with Crippen LogP contribution in [0.3, 0.4) is 0 Å². The van der Waals surface area contributed by atoms with E-state index in [9.17, 15) is 14.4 Å². The Kier molecular flexibility index (Phi) is 7.83. The number of benzene rings is 2. The highest BCUT2D eigenvalue weighted by atomic mass is 16.5. The lowest BCUT2D eigenvalue weighted by Crippen LogP contribution is -2.39. The zero-order valence-electron chi connectivity index (χ0n) is 20.5. The number of carbonyl (C=O) groups is 3. The number of likely N-dealkylation sites (tertiary alicyclic amines) is 1. The third kappa shape index (κ3) is 5.09. The predicted molar refractivity (Wildman–Crippen MR) is 130 cm³/mol. The lowest BCUT2D eigenvalue weighted by Gasteiger charge is -2.30. The van der Waals surface area contributed by atoms with Gasteiger partial charge in [-0.05, 0) is 43.2 Å². The number of para-hydroxylation sites is 1. The van der Waals surface area contributed by atoms with Gasteiger partial charge in [0.15, 0.2) is 5.78 Å². The van der Waals surface area contributed by atoms with Crippen LogP contribution in [0.1, 0.15) is 33.9 Å². The van der Waals surface area contributed by atoms with Gasteiger partial charge in [0.1, 0.15) is 17.4 Å². The second kappa shape index (κ2) is 11.0. The summed E-state index contributed by atoms with van der Waals surface area (Å²) in [5.74, 6) is -1.63. The second-order valence-electron chi connectivity index (χ2n) is 8.88. The maximum Gasteiger partial charge on any atom is 0.291 e. The van der Waals surface area contributed by atoms with E-state index in [1.165, 1.54) is 0 Å². The predicted octanol–water partition coefficient (Wildman–Crippen LogP) is 2.69. The molecule has 8 nitrogen and oxygen atoms in total. The highest BCUT2D eigenvalue weighted by Gasteiger charge is 2.52. The van der Waals surface area contributed by atoms with E-state index in [-0.39, 0.29) is 5.78 Å². The fourth-order valence-electron chi connectivity index (χ4n) is 4.98. The van der Waals surface area contributed by atoms with Gasteiger partial charge in [0.2, 0.25) is 5.78 Å². The Balaban J connectivity index is 1.66. The lowest BCUT2D eigenvalue weighted by atomic mass is 9.84. The van der Waals surface area contributed by atoms with Crippen LogP contribution in [0.4, 0.5) is 0 Å². The molecule has 0 bridgehead atoms. The number of aryl methyl sites for hydroxylation is 1. The first-order valence-corrected chi connectivity index (χ1v) is 11.9. The van der Waals surface area contributed by atoms with Gasteiger partial charge in [-0.15, -0.1) is 0 Å². The molecule has 0 radical (unpaired) electrons. The first-order valence-electron chi connectivity index (χ1n) is 11.9. The number of nitrogens with zero attached hydrogens (tertiary/aromatic N) is 2. The number of methoxy groups -OCH3 is 2. The summed E-state index contributed by atoms with van der Waals surface area (Å²) in [6, 6.07) is 11.6. The van der Waals surface area contributed by atoms with E-state index in [2.05, 4.69) is 4.90 Å². The maximum absolute atomic E-state index is 13.8. The summed E-state index contributed by atoms with van der Waals surface area (Å²) in [4.78, 5) is 44.2. The van der Waals surface area contributed by atoms with Crippen LogP contribution in [0.2, 0.25) is 0 Å². The minimum absolute atomic E-state index is 0.366. The number of morpholine rings is 1. The van der Waals surface area contributed by atoms with E-state index in [0.29, 0.717) is 54.4 Å². The largest absolute Gasteiger partial charge is 0.497 e. The summed E-state index contributed by atoms with van der Waals surface area (Å²) in [5, 5.41) is 0. The van der Waals surface area contributed by atoms with Crippen LogP contribution in [0.15, 0.2) is 42.5 Å². The van der Waals surface area contributed by atoms with Gasteiger partial charge in [-0.25, -0.2) is 0 Å². The Morgan fingerprint density at radius 2 is 1.77 bits per heavy atom. The van der Waals surface area contributed by atoms with Gasteiger partial charge in [-0.3, -0.25) is 19.3 Å². The Morgan fingerprint density at radius 1 is 1.03 bits per heavy atom. The van der Waals surface area contributed by atoms with E-state index in [0.717, 1.165) is 19.6 Å². The minimum Gasteiger partial charge on any atom is -0.497 e. The van der Waals surface area contributed by atoms with Gasteiger partial charge in [0, 0.05) is 37.3 Å². The molecule has 0 aliphatic carbocycles. The van der Waals surface area contributed by atoms with Crippen LogP contribution in [-0.4, -0.2) is 80.9 Å².